The first-order valence-corrected chi connectivity index (χ1v) is 8.40. The Balaban J connectivity index is 0.000000224. The van der Waals surface area contributed by atoms with E-state index in [0.717, 1.165) is 24.0 Å². The highest BCUT2D eigenvalue weighted by Crippen LogP contribution is 2.17. The van der Waals surface area contributed by atoms with Crippen LogP contribution in [0.1, 0.15) is 59.4 Å². The highest BCUT2D eigenvalue weighted by Gasteiger charge is 2.39. The number of hydrogen-bond acceptors (Lipinski definition) is 2. The second-order valence-electron chi connectivity index (χ2n) is 6.29. The summed E-state index contributed by atoms with van der Waals surface area (Å²) in [6, 6.07) is 0.293. The lowest BCUT2D eigenvalue weighted by Crippen LogP contribution is -2.31. The van der Waals surface area contributed by atoms with Crippen LogP contribution in [-0.4, -0.2) is 27.7 Å². The molecule has 0 bridgehead atoms. The first kappa shape index (κ1) is 18.5. The van der Waals surface area contributed by atoms with Gasteiger partial charge in [0.2, 0.25) is 12.1 Å². The third-order valence-corrected chi connectivity index (χ3v) is 4.52. The standard InChI is InChI=1S/C9H16NO2.C8H15N2/c1-3-7(2)9(11)8-5-4-6-10(8)12;1-4-8(2)10-6-5-9(3)7-10/h7-8H,3-6H2,1-2H3;5-8H,4H2,1-3H3/q2*+1. The number of ketones is 1. The van der Waals surface area contributed by atoms with Gasteiger partial charge in [-0.15, -0.1) is 0 Å². The van der Waals surface area contributed by atoms with Gasteiger partial charge in [-0.3, -0.25) is 4.79 Å². The topological polar surface area (TPSA) is 46.0 Å². The number of carbonyl (C=O) groups is 1. The molecule has 3 unspecified atom stereocenters. The molecule has 0 spiro atoms. The molecule has 1 aliphatic heterocycles. The number of Topliss-reactive ketones (excluding diaryl/α,β-unsaturated/α-hetero) is 1. The summed E-state index contributed by atoms with van der Waals surface area (Å²) in [4.78, 5) is 22.7. The van der Waals surface area contributed by atoms with E-state index < -0.39 is 0 Å². The molecule has 5 nitrogen and oxygen atoms in total. The van der Waals surface area contributed by atoms with Gasteiger partial charge in [-0.05, 0) is 19.8 Å². The zero-order valence-electron chi connectivity index (χ0n) is 14.7. The predicted octanol–water partition coefficient (Wildman–Crippen LogP) is 2.83. The number of aromatic nitrogens is 2. The maximum Gasteiger partial charge on any atom is 0.259 e. The van der Waals surface area contributed by atoms with E-state index >= 15 is 0 Å². The molecule has 2 heterocycles. The average Bonchev–Trinajstić information content (AvgIpc) is 3.14. The number of aryl methyl sites for hydroxylation is 1. The fraction of sp³-hybridized carbons (Fsp3) is 0.765. The molecule has 22 heavy (non-hydrogen) atoms. The molecule has 0 amide bonds. The Kier molecular flexibility index (Phi) is 7.42. The Bertz CT molecular complexity index is 496. The zero-order valence-corrected chi connectivity index (χ0v) is 14.7. The fourth-order valence-electron chi connectivity index (χ4n) is 2.50. The predicted molar refractivity (Wildman–Crippen MR) is 86.6 cm³/mol. The number of rotatable bonds is 5. The number of carbonyl (C=O) groups excluding carboxylic acids is 1. The second-order valence-corrected chi connectivity index (χ2v) is 6.29. The van der Waals surface area contributed by atoms with Gasteiger partial charge in [0.1, 0.15) is 12.4 Å². The van der Waals surface area contributed by atoms with Crippen molar-refractivity contribution in [3.05, 3.63) is 23.6 Å². The smallest absolute Gasteiger partial charge is 0.259 e. The number of nitrogens with zero attached hydrogens (tertiary/aromatic N) is 3. The van der Waals surface area contributed by atoms with Crippen molar-refractivity contribution in [3.8, 4) is 0 Å². The quantitative estimate of drug-likeness (QED) is 0.785. The van der Waals surface area contributed by atoms with E-state index in [2.05, 4.69) is 41.7 Å². The maximum absolute atomic E-state index is 11.5. The van der Waals surface area contributed by atoms with Crippen molar-refractivity contribution < 1.29 is 14.1 Å². The zero-order chi connectivity index (χ0) is 16.7. The highest BCUT2D eigenvalue weighted by molar-refractivity contribution is 5.84. The van der Waals surface area contributed by atoms with Gasteiger partial charge in [-0.25, -0.2) is 9.13 Å². The van der Waals surface area contributed by atoms with E-state index in [0.29, 0.717) is 12.6 Å². The lowest BCUT2D eigenvalue weighted by atomic mass is 9.97. The normalized spacial score (nSPS) is 20.2. The molecule has 1 saturated heterocycles. The largest absolute Gasteiger partial charge is 0.292 e. The van der Waals surface area contributed by atoms with Crippen LogP contribution in [0.15, 0.2) is 18.7 Å². The lowest BCUT2D eigenvalue weighted by Gasteiger charge is -2.06. The van der Waals surface area contributed by atoms with Gasteiger partial charge < -0.3 is 0 Å². The molecular formula is C17H31N3O2+2. The summed E-state index contributed by atoms with van der Waals surface area (Å²) in [5.74, 6) is 0.176. The molecule has 1 aliphatic rings. The molecule has 1 fully saturated rings. The van der Waals surface area contributed by atoms with Crippen LogP contribution in [0.4, 0.5) is 0 Å². The minimum Gasteiger partial charge on any atom is -0.292 e. The Morgan fingerprint density at radius 1 is 1.32 bits per heavy atom. The first-order valence-electron chi connectivity index (χ1n) is 8.40. The molecule has 1 aromatic rings. The molecule has 3 atom stereocenters. The van der Waals surface area contributed by atoms with E-state index in [-0.39, 0.29) is 17.7 Å². The third kappa shape index (κ3) is 5.04. The van der Waals surface area contributed by atoms with Gasteiger partial charge >= 0.3 is 0 Å². The second kappa shape index (κ2) is 8.81. The lowest BCUT2D eigenvalue weighted by molar-refractivity contribution is -0.671. The van der Waals surface area contributed by atoms with Crippen LogP contribution in [0.3, 0.4) is 0 Å². The number of hydrogen-bond donors (Lipinski definition) is 0. The van der Waals surface area contributed by atoms with Crippen molar-refractivity contribution >= 4 is 5.78 Å². The molecule has 0 N–H and O–H groups in total. The van der Waals surface area contributed by atoms with Crippen LogP contribution < -0.4 is 4.57 Å². The van der Waals surface area contributed by atoms with Gasteiger partial charge in [0.05, 0.1) is 13.1 Å². The average molecular weight is 309 g/mol. The van der Waals surface area contributed by atoms with Crippen molar-refractivity contribution in [2.24, 2.45) is 13.0 Å². The minimum absolute atomic E-state index is 0.0459. The summed E-state index contributed by atoms with van der Waals surface area (Å²) in [6.45, 7) is 8.83. The molecule has 5 heteroatoms. The van der Waals surface area contributed by atoms with E-state index in [4.69, 9.17) is 0 Å². The summed E-state index contributed by atoms with van der Waals surface area (Å²) >= 11 is 0. The minimum atomic E-state index is -0.333. The molecule has 0 aliphatic carbocycles. The Hall–Kier alpha value is -1.52. The van der Waals surface area contributed by atoms with E-state index in [1.165, 1.54) is 6.42 Å². The highest BCUT2D eigenvalue weighted by atomic mass is 16.3. The van der Waals surface area contributed by atoms with Gasteiger partial charge in [0.15, 0.2) is 6.54 Å². The van der Waals surface area contributed by atoms with Crippen LogP contribution in [0.2, 0.25) is 0 Å². The molecule has 2 rings (SSSR count). The van der Waals surface area contributed by atoms with Crippen LogP contribution in [0.25, 0.3) is 0 Å². The van der Waals surface area contributed by atoms with Crippen LogP contribution in [0.5, 0.6) is 0 Å². The monoisotopic (exact) mass is 309 g/mol. The van der Waals surface area contributed by atoms with Crippen LogP contribution in [-0.2, 0) is 11.8 Å². The van der Waals surface area contributed by atoms with Crippen molar-refractivity contribution in [3.63, 3.8) is 0 Å². The SMILES string of the molecule is CCC(C)C(=O)C1CCC[N+]1=O.CCC(C)n1cc[n+](C)c1. The van der Waals surface area contributed by atoms with Gasteiger partial charge in [0, 0.05) is 28.4 Å². The number of imidazole rings is 1. The molecular weight excluding hydrogens is 278 g/mol. The summed E-state index contributed by atoms with van der Waals surface area (Å²) in [7, 11) is 2.04. The van der Waals surface area contributed by atoms with Crippen LogP contribution in [0, 0.1) is 10.8 Å². The van der Waals surface area contributed by atoms with Crippen molar-refractivity contribution in [1.82, 2.24) is 4.57 Å². The molecule has 0 aromatic carbocycles. The third-order valence-electron chi connectivity index (χ3n) is 4.52. The van der Waals surface area contributed by atoms with E-state index in [1.807, 2.05) is 20.9 Å². The van der Waals surface area contributed by atoms with Gasteiger partial charge in [-0.1, -0.05) is 20.8 Å². The Labute approximate surface area is 133 Å². The van der Waals surface area contributed by atoms with Crippen molar-refractivity contribution in [2.45, 2.75) is 65.5 Å². The first-order chi connectivity index (χ1) is 10.4. The maximum atomic E-state index is 11.5. The summed E-state index contributed by atoms with van der Waals surface area (Å²) in [5, 5.41) is 0. The van der Waals surface area contributed by atoms with Crippen molar-refractivity contribution in [1.29, 1.82) is 0 Å². The van der Waals surface area contributed by atoms with Gasteiger partial charge in [0.25, 0.3) is 6.04 Å². The molecule has 0 radical (unpaired) electrons. The fourth-order valence-corrected chi connectivity index (χ4v) is 2.50. The van der Waals surface area contributed by atoms with Crippen LogP contribution >= 0.6 is 0 Å². The summed E-state index contributed by atoms with van der Waals surface area (Å²) in [5.41, 5.74) is 0. The van der Waals surface area contributed by atoms with Crippen molar-refractivity contribution in [2.75, 3.05) is 6.54 Å². The summed E-state index contributed by atoms with van der Waals surface area (Å²) < 4.78 is 5.22. The van der Waals surface area contributed by atoms with E-state index in [1.54, 1.807) is 0 Å². The number of nitroso groups, excluding NO2 is 1. The Morgan fingerprint density at radius 2 is 2.00 bits per heavy atom. The molecule has 1 aromatic heterocycles. The molecule has 0 saturated carbocycles. The Morgan fingerprint density at radius 3 is 2.41 bits per heavy atom. The molecule has 124 valence electrons. The van der Waals surface area contributed by atoms with E-state index in [9.17, 15) is 9.70 Å². The summed E-state index contributed by atoms with van der Waals surface area (Å²) in [6.07, 6.45) is 9.93. The van der Waals surface area contributed by atoms with Gasteiger partial charge in [-0.2, -0.15) is 0 Å².